The number of benzene rings is 3. The van der Waals surface area contributed by atoms with Crippen molar-refractivity contribution in [3.63, 3.8) is 0 Å². The summed E-state index contributed by atoms with van der Waals surface area (Å²) >= 11 is 1.46. The predicted octanol–water partition coefficient (Wildman–Crippen LogP) is 4.18. The van der Waals surface area contributed by atoms with Crippen molar-refractivity contribution in [2.45, 2.75) is 31.2 Å². The highest BCUT2D eigenvalue weighted by atomic mass is 32.1. The Hall–Kier alpha value is -5.22. The molecule has 2 aliphatic heterocycles. The number of hydrogen-bond acceptors (Lipinski definition) is 11. The normalized spacial score (nSPS) is 17.4. The fourth-order valence-corrected chi connectivity index (χ4v) is 8.01. The summed E-state index contributed by atoms with van der Waals surface area (Å²) in [5, 5.41) is 19.5. The molecule has 3 aromatic carbocycles. The largest absolute Gasteiger partial charge is 0.490 e. The van der Waals surface area contributed by atoms with Crippen LogP contribution in [-0.2, 0) is 18.7 Å². The molecule has 2 atom stereocenters. The number of aromatic nitrogens is 5. The molecule has 0 aliphatic carbocycles. The number of aliphatic hydroxyl groups is 1. The number of ether oxygens (including phenoxy) is 1. The molecule has 8 rings (SSSR count). The second-order valence-corrected chi connectivity index (χ2v) is 14.0. The average molecular weight is 712 g/mol. The highest BCUT2D eigenvalue weighted by molar-refractivity contribution is 7.18. The van der Waals surface area contributed by atoms with Crippen LogP contribution in [-0.4, -0.2) is 73.1 Å². The number of para-hydroxylation sites is 1. The van der Waals surface area contributed by atoms with Crippen molar-refractivity contribution < 1.29 is 18.6 Å². The van der Waals surface area contributed by atoms with E-state index in [0.29, 0.717) is 48.8 Å². The molecular formula is C36H35F2N9O3S. The van der Waals surface area contributed by atoms with Crippen molar-refractivity contribution >= 4 is 38.9 Å². The van der Waals surface area contributed by atoms with E-state index in [1.807, 2.05) is 54.6 Å². The number of β-amino-alcohol motifs (C(OH)–C–C–N with tert-alkyl or cyclic N) is 1. The lowest BCUT2D eigenvalue weighted by Crippen LogP contribution is -2.45. The van der Waals surface area contributed by atoms with Gasteiger partial charge in [0.25, 0.3) is 5.56 Å². The van der Waals surface area contributed by atoms with E-state index < -0.39 is 22.8 Å². The lowest BCUT2D eigenvalue weighted by atomic mass is 9.92. The third kappa shape index (κ3) is 6.56. The lowest BCUT2D eigenvalue weighted by molar-refractivity contribution is -0.0168. The van der Waals surface area contributed by atoms with Crippen LogP contribution >= 0.6 is 11.3 Å². The number of nitrogens with zero attached hydrogens (tertiary/aromatic N) is 7. The Morgan fingerprint density at radius 2 is 1.90 bits per heavy atom. The zero-order chi connectivity index (χ0) is 35.1. The average Bonchev–Trinajstić information content (AvgIpc) is 3.89. The van der Waals surface area contributed by atoms with Gasteiger partial charge in [0.2, 0.25) is 0 Å². The summed E-state index contributed by atoms with van der Waals surface area (Å²) in [6.45, 7) is 3.04. The first-order valence-electron chi connectivity index (χ1n) is 16.6. The van der Waals surface area contributed by atoms with Gasteiger partial charge in [-0.3, -0.25) is 14.3 Å². The van der Waals surface area contributed by atoms with Crippen molar-refractivity contribution in [3.05, 3.63) is 118 Å². The first-order chi connectivity index (χ1) is 24.7. The lowest BCUT2D eigenvalue weighted by Gasteiger charge is -2.33. The summed E-state index contributed by atoms with van der Waals surface area (Å²) in [4.78, 5) is 27.7. The van der Waals surface area contributed by atoms with Gasteiger partial charge in [-0.1, -0.05) is 24.3 Å². The van der Waals surface area contributed by atoms with Gasteiger partial charge in [-0.2, -0.15) is 5.10 Å². The molecule has 262 valence electrons. The molecule has 12 nitrogen and oxygen atoms in total. The van der Waals surface area contributed by atoms with E-state index in [0.717, 1.165) is 40.6 Å². The summed E-state index contributed by atoms with van der Waals surface area (Å²) in [5.74, 6) is -0.880. The molecule has 15 heteroatoms. The molecule has 4 N–H and O–H groups in total. The first kappa shape index (κ1) is 33.0. The van der Waals surface area contributed by atoms with Crippen LogP contribution in [0.4, 0.5) is 26.0 Å². The van der Waals surface area contributed by atoms with E-state index in [-0.39, 0.29) is 30.5 Å². The second kappa shape index (κ2) is 13.5. The van der Waals surface area contributed by atoms with Gasteiger partial charge in [-0.15, -0.1) is 11.3 Å². The Balaban J connectivity index is 1.00. The number of hydrogen-bond donors (Lipinski definition) is 3. The molecule has 2 aliphatic rings. The van der Waals surface area contributed by atoms with Crippen molar-refractivity contribution in [1.29, 1.82) is 0 Å². The molecule has 0 radical (unpaired) electrons. The minimum Gasteiger partial charge on any atom is -0.490 e. The number of halogens is 2. The maximum Gasteiger partial charge on any atom is 0.298 e. The van der Waals surface area contributed by atoms with E-state index in [1.54, 1.807) is 4.57 Å². The summed E-state index contributed by atoms with van der Waals surface area (Å²) in [6.07, 6.45) is 3.59. The molecule has 0 bridgehead atoms. The molecule has 5 heterocycles. The number of nitrogens with two attached hydrogens (primary N) is 1. The number of likely N-dealkylation sites (tertiary alicyclic amines) is 1. The Bertz CT molecular complexity index is 2250. The highest BCUT2D eigenvalue weighted by Gasteiger charge is 2.37. The van der Waals surface area contributed by atoms with Crippen LogP contribution in [0.2, 0.25) is 0 Å². The van der Waals surface area contributed by atoms with Crippen LogP contribution < -0.4 is 26.2 Å². The number of fused-ring (bicyclic) bond motifs is 2. The predicted molar refractivity (Wildman–Crippen MR) is 191 cm³/mol. The van der Waals surface area contributed by atoms with Crippen molar-refractivity contribution in [1.82, 2.24) is 34.5 Å². The summed E-state index contributed by atoms with van der Waals surface area (Å²) in [5.41, 5.74) is 7.29. The number of thiophene rings is 1. The molecule has 51 heavy (non-hydrogen) atoms. The van der Waals surface area contributed by atoms with Gasteiger partial charge in [0.05, 0.1) is 30.0 Å². The number of nitrogen functional groups attached to an aromatic ring is 1. The monoisotopic (exact) mass is 711 g/mol. The van der Waals surface area contributed by atoms with Gasteiger partial charge in [0.15, 0.2) is 5.82 Å². The quantitative estimate of drug-likeness (QED) is 0.190. The molecule has 0 spiro atoms. The SMILES string of the molecule is Nc1nc2sc(CN[C@H]3CCN(CC(O)(Cn4cncn4)c4ccc(F)cc4F)C3)cc2n(-c2ccc3c(c2)N(c2ccccc2)CCO3)c1=O. The smallest absolute Gasteiger partial charge is 0.298 e. The molecule has 0 saturated carbocycles. The molecule has 0 amide bonds. The molecule has 3 aromatic heterocycles. The van der Waals surface area contributed by atoms with E-state index in [4.69, 9.17) is 10.5 Å². The van der Waals surface area contributed by atoms with Crippen LogP contribution in [0.3, 0.4) is 0 Å². The number of anilines is 3. The number of nitrogens with one attached hydrogen (secondary N) is 1. The Morgan fingerprint density at radius 3 is 2.71 bits per heavy atom. The van der Waals surface area contributed by atoms with E-state index in [2.05, 4.69) is 30.2 Å². The van der Waals surface area contributed by atoms with Crippen molar-refractivity contribution in [3.8, 4) is 11.4 Å². The first-order valence-corrected chi connectivity index (χ1v) is 17.4. The maximum atomic E-state index is 15.0. The molecule has 6 aromatic rings. The number of rotatable bonds is 10. The van der Waals surface area contributed by atoms with Gasteiger partial charge in [-0.05, 0) is 55.4 Å². The summed E-state index contributed by atoms with van der Waals surface area (Å²) in [7, 11) is 0. The zero-order valence-electron chi connectivity index (χ0n) is 27.5. The minimum absolute atomic E-state index is 0.00173. The van der Waals surface area contributed by atoms with Crippen LogP contribution in [0.1, 0.15) is 16.9 Å². The molecule has 1 saturated heterocycles. The summed E-state index contributed by atoms with van der Waals surface area (Å²) in [6, 6.07) is 21.0. The van der Waals surface area contributed by atoms with Gasteiger partial charge in [0.1, 0.15) is 47.1 Å². The van der Waals surface area contributed by atoms with Gasteiger partial charge in [0, 0.05) is 47.9 Å². The van der Waals surface area contributed by atoms with E-state index >= 15 is 0 Å². The zero-order valence-corrected chi connectivity index (χ0v) is 28.3. The van der Waals surface area contributed by atoms with Gasteiger partial charge in [-0.25, -0.2) is 23.4 Å². The fraction of sp³-hybridized carbons (Fsp3) is 0.278. The minimum atomic E-state index is -1.68. The Kier molecular flexibility index (Phi) is 8.71. The van der Waals surface area contributed by atoms with E-state index in [1.165, 1.54) is 34.7 Å². The van der Waals surface area contributed by atoms with Gasteiger partial charge < -0.3 is 25.8 Å². The standard InChI is InChI=1S/C36H35F2N9O3S/c37-23-6-8-28(29(38)14-23)36(49,20-45-22-40-21-42-45)19-44-11-10-24(18-44)41-17-27-16-31-34(51-27)43-33(39)35(48)47(31)26-7-9-32-30(15-26)46(12-13-50-32)25-4-2-1-3-5-25/h1-9,14-16,21-22,24,41,49H,10-13,17-20H2,(H2,39,43)/t24-,36?/m0/s1. The van der Waals surface area contributed by atoms with Crippen LogP contribution in [0.15, 0.2) is 90.2 Å². The third-order valence-corrected chi connectivity index (χ3v) is 10.4. The van der Waals surface area contributed by atoms with E-state index in [9.17, 15) is 18.7 Å². The second-order valence-electron chi connectivity index (χ2n) is 12.9. The maximum absolute atomic E-state index is 15.0. The molecular weight excluding hydrogens is 677 g/mol. The topological polar surface area (TPSA) is 140 Å². The highest BCUT2D eigenvalue weighted by Crippen LogP contribution is 2.39. The van der Waals surface area contributed by atoms with Crippen molar-refractivity contribution in [2.75, 3.05) is 43.4 Å². The third-order valence-electron chi connectivity index (χ3n) is 9.41. The van der Waals surface area contributed by atoms with Crippen molar-refractivity contribution in [2.24, 2.45) is 0 Å². The fourth-order valence-electron chi connectivity index (χ4n) is 7.03. The Labute approximate surface area is 295 Å². The summed E-state index contributed by atoms with van der Waals surface area (Å²) < 4.78 is 37.7. The van der Waals surface area contributed by atoms with Gasteiger partial charge >= 0.3 is 0 Å². The molecule has 1 fully saturated rings. The van der Waals surface area contributed by atoms with Crippen LogP contribution in [0.5, 0.6) is 5.75 Å². The van der Waals surface area contributed by atoms with Crippen LogP contribution in [0, 0.1) is 11.6 Å². The Morgan fingerprint density at radius 1 is 1.04 bits per heavy atom. The molecule has 1 unspecified atom stereocenters. The van der Waals surface area contributed by atoms with Crippen LogP contribution in [0.25, 0.3) is 16.0 Å².